The van der Waals surface area contributed by atoms with Crippen LogP contribution in [0.4, 0.5) is 0 Å². The van der Waals surface area contributed by atoms with Crippen molar-refractivity contribution in [2.75, 3.05) is 46.6 Å². The standard InChI is InChI=1S/C12H25NO3/c1-15-8-2-9-16-10-6-13-11-12(3-4-12)5-7-14/h13-14H,2-11H2,1H3. The van der Waals surface area contributed by atoms with E-state index < -0.39 is 0 Å². The summed E-state index contributed by atoms with van der Waals surface area (Å²) in [5, 5.41) is 12.3. The molecule has 2 N–H and O–H groups in total. The van der Waals surface area contributed by atoms with Crippen LogP contribution in [0.5, 0.6) is 0 Å². The Morgan fingerprint density at radius 3 is 2.69 bits per heavy atom. The van der Waals surface area contributed by atoms with Gasteiger partial charge in [-0.15, -0.1) is 0 Å². The van der Waals surface area contributed by atoms with Gasteiger partial charge in [0.15, 0.2) is 0 Å². The topological polar surface area (TPSA) is 50.7 Å². The number of hydrogen-bond donors (Lipinski definition) is 2. The van der Waals surface area contributed by atoms with Gasteiger partial charge in [0.1, 0.15) is 0 Å². The Kier molecular flexibility index (Phi) is 6.96. The minimum atomic E-state index is 0.315. The van der Waals surface area contributed by atoms with Gasteiger partial charge in [0.05, 0.1) is 6.61 Å². The molecule has 1 rings (SSSR count). The van der Waals surface area contributed by atoms with E-state index in [0.717, 1.165) is 45.8 Å². The Labute approximate surface area is 98.3 Å². The van der Waals surface area contributed by atoms with Crippen molar-refractivity contribution < 1.29 is 14.6 Å². The first-order valence-electron chi connectivity index (χ1n) is 6.21. The maximum atomic E-state index is 8.90. The molecule has 1 aliphatic carbocycles. The van der Waals surface area contributed by atoms with E-state index >= 15 is 0 Å². The van der Waals surface area contributed by atoms with Crippen molar-refractivity contribution in [2.45, 2.75) is 25.7 Å². The number of rotatable bonds is 11. The normalized spacial score (nSPS) is 17.6. The van der Waals surface area contributed by atoms with Crippen molar-refractivity contribution in [1.29, 1.82) is 0 Å². The molecule has 0 radical (unpaired) electrons. The van der Waals surface area contributed by atoms with E-state index in [1.807, 2.05) is 0 Å². The van der Waals surface area contributed by atoms with Crippen LogP contribution in [0.1, 0.15) is 25.7 Å². The Balaban J connectivity index is 1.81. The summed E-state index contributed by atoms with van der Waals surface area (Å²) in [4.78, 5) is 0. The van der Waals surface area contributed by atoms with Gasteiger partial charge in [-0.05, 0) is 31.1 Å². The number of hydrogen-bond acceptors (Lipinski definition) is 4. The lowest BCUT2D eigenvalue weighted by Crippen LogP contribution is -2.28. The first-order chi connectivity index (χ1) is 7.83. The summed E-state index contributed by atoms with van der Waals surface area (Å²) >= 11 is 0. The van der Waals surface area contributed by atoms with Crippen LogP contribution in [0.15, 0.2) is 0 Å². The fourth-order valence-electron chi connectivity index (χ4n) is 1.83. The van der Waals surface area contributed by atoms with Crippen LogP contribution in [0.2, 0.25) is 0 Å². The maximum absolute atomic E-state index is 8.90. The molecule has 1 saturated carbocycles. The van der Waals surface area contributed by atoms with Gasteiger partial charge in [-0.1, -0.05) is 0 Å². The van der Waals surface area contributed by atoms with Gasteiger partial charge in [0.2, 0.25) is 0 Å². The second-order valence-corrected chi connectivity index (χ2v) is 4.61. The first kappa shape index (κ1) is 13.9. The Hall–Kier alpha value is -0.160. The molecule has 0 amide bonds. The molecule has 4 nitrogen and oxygen atoms in total. The SMILES string of the molecule is COCCCOCCNCC1(CCO)CC1. The van der Waals surface area contributed by atoms with Crippen molar-refractivity contribution in [2.24, 2.45) is 5.41 Å². The largest absolute Gasteiger partial charge is 0.396 e. The van der Waals surface area contributed by atoms with Crippen LogP contribution in [-0.4, -0.2) is 51.7 Å². The molecule has 0 atom stereocenters. The smallest absolute Gasteiger partial charge is 0.0590 e. The number of ether oxygens (including phenoxy) is 2. The molecule has 0 aromatic rings. The highest BCUT2D eigenvalue weighted by molar-refractivity contribution is 4.94. The van der Waals surface area contributed by atoms with Crippen molar-refractivity contribution in [3.63, 3.8) is 0 Å². The second-order valence-electron chi connectivity index (χ2n) is 4.61. The summed E-state index contributed by atoms with van der Waals surface area (Å²) in [6, 6.07) is 0. The summed E-state index contributed by atoms with van der Waals surface area (Å²) in [5.74, 6) is 0. The van der Waals surface area contributed by atoms with Crippen LogP contribution < -0.4 is 5.32 Å². The van der Waals surface area contributed by atoms with E-state index in [9.17, 15) is 0 Å². The zero-order valence-electron chi connectivity index (χ0n) is 10.3. The zero-order chi connectivity index (χ0) is 11.7. The average Bonchev–Trinajstić information content (AvgIpc) is 3.03. The van der Waals surface area contributed by atoms with Crippen LogP contribution >= 0.6 is 0 Å². The van der Waals surface area contributed by atoms with E-state index in [-0.39, 0.29) is 0 Å². The minimum Gasteiger partial charge on any atom is -0.396 e. The lowest BCUT2D eigenvalue weighted by atomic mass is 10.0. The minimum absolute atomic E-state index is 0.315. The van der Waals surface area contributed by atoms with Crippen LogP contribution in [0.3, 0.4) is 0 Å². The molecule has 1 fully saturated rings. The van der Waals surface area contributed by atoms with Gasteiger partial charge in [-0.25, -0.2) is 0 Å². The molecule has 0 bridgehead atoms. The summed E-state index contributed by atoms with van der Waals surface area (Å²) in [5.41, 5.74) is 0.408. The maximum Gasteiger partial charge on any atom is 0.0590 e. The molecule has 0 heterocycles. The van der Waals surface area contributed by atoms with E-state index in [0.29, 0.717) is 12.0 Å². The third-order valence-electron chi connectivity index (χ3n) is 3.16. The predicted molar refractivity (Wildman–Crippen MR) is 63.6 cm³/mol. The summed E-state index contributed by atoms with van der Waals surface area (Å²) in [6.07, 6.45) is 4.42. The zero-order valence-corrected chi connectivity index (χ0v) is 10.3. The monoisotopic (exact) mass is 231 g/mol. The molecule has 0 aliphatic heterocycles. The lowest BCUT2D eigenvalue weighted by molar-refractivity contribution is 0.103. The van der Waals surface area contributed by atoms with Gasteiger partial charge >= 0.3 is 0 Å². The van der Waals surface area contributed by atoms with Crippen molar-refractivity contribution in [3.05, 3.63) is 0 Å². The van der Waals surface area contributed by atoms with Gasteiger partial charge in [-0.3, -0.25) is 0 Å². The van der Waals surface area contributed by atoms with Crippen molar-refractivity contribution in [3.8, 4) is 0 Å². The summed E-state index contributed by atoms with van der Waals surface area (Å²) in [7, 11) is 1.71. The number of aliphatic hydroxyl groups excluding tert-OH is 1. The molecular weight excluding hydrogens is 206 g/mol. The van der Waals surface area contributed by atoms with Crippen LogP contribution in [-0.2, 0) is 9.47 Å². The molecule has 0 saturated heterocycles. The average molecular weight is 231 g/mol. The fraction of sp³-hybridized carbons (Fsp3) is 1.00. The quantitative estimate of drug-likeness (QED) is 0.516. The van der Waals surface area contributed by atoms with E-state index in [1.165, 1.54) is 12.8 Å². The molecule has 0 unspecified atom stereocenters. The first-order valence-corrected chi connectivity index (χ1v) is 6.21. The Morgan fingerprint density at radius 1 is 1.25 bits per heavy atom. The predicted octanol–water partition coefficient (Wildman–Crippen LogP) is 0.792. The van der Waals surface area contributed by atoms with Crippen molar-refractivity contribution >= 4 is 0 Å². The highest BCUT2D eigenvalue weighted by Crippen LogP contribution is 2.47. The van der Waals surface area contributed by atoms with Gasteiger partial charge < -0.3 is 19.9 Å². The molecule has 1 aliphatic rings. The van der Waals surface area contributed by atoms with Gasteiger partial charge in [0.25, 0.3) is 0 Å². The van der Waals surface area contributed by atoms with E-state index in [1.54, 1.807) is 7.11 Å². The van der Waals surface area contributed by atoms with Gasteiger partial charge in [-0.2, -0.15) is 0 Å². The molecule has 96 valence electrons. The van der Waals surface area contributed by atoms with Gasteiger partial charge in [0, 0.05) is 40.0 Å². The fourth-order valence-corrected chi connectivity index (χ4v) is 1.83. The number of nitrogens with one attached hydrogen (secondary N) is 1. The van der Waals surface area contributed by atoms with E-state index in [4.69, 9.17) is 14.6 Å². The molecule has 4 heteroatoms. The highest BCUT2D eigenvalue weighted by Gasteiger charge is 2.41. The number of methoxy groups -OCH3 is 1. The molecule has 0 aromatic carbocycles. The van der Waals surface area contributed by atoms with Crippen LogP contribution in [0, 0.1) is 5.41 Å². The van der Waals surface area contributed by atoms with Crippen LogP contribution in [0.25, 0.3) is 0 Å². The third-order valence-corrected chi connectivity index (χ3v) is 3.16. The molecule has 0 spiro atoms. The summed E-state index contributed by atoms with van der Waals surface area (Å²) < 4.78 is 10.4. The lowest BCUT2D eigenvalue weighted by Gasteiger charge is -2.14. The third kappa shape index (κ3) is 5.80. The molecule has 0 aromatic heterocycles. The molecule has 16 heavy (non-hydrogen) atoms. The molecular formula is C12H25NO3. The highest BCUT2D eigenvalue weighted by atomic mass is 16.5. The van der Waals surface area contributed by atoms with Crippen molar-refractivity contribution in [1.82, 2.24) is 5.32 Å². The second kappa shape index (κ2) is 8.01. The Bertz CT molecular complexity index is 172. The van der Waals surface area contributed by atoms with E-state index in [2.05, 4.69) is 5.32 Å². The summed E-state index contributed by atoms with van der Waals surface area (Å²) in [6.45, 7) is 4.55. The Morgan fingerprint density at radius 2 is 2.06 bits per heavy atom. The number of aliphatic hydroxyl groups is 1.